The van der Waals surface area contributed by atoms with Gasteiger partial charge in [0.05, 0.1) is 13.5 Å². The van der Waals surface area contributed by atoms with Gasteiger partial charge in [-0.25, -0.2) is 0 Å². The van der Waals surface area contributed by atoms with E-state index in [1.54, 1.807) is 13.3 Å². The minimum absolute atomic E-state index is 0.117. The molecule has 0 aliphatic heterocycles. The van der Waals surface area contributed by atoms with E-state index in [1.165, 1.54) is 0 Å². The molecule has 0 unspecified atom stereocenters. The van der Waals surface area contributed by atoms with Crippen LogP contribution < -0.4 is 4.74 Å². The van der Waals surface area contributed by atoms with E-state index in [-0.39, 0.29) is 5.91 Å². The molecule has 2 aromatic rings. The fourth-order valence-electron chi connectivity index (χ4n) is 2.35. The van der Waals surface area contributed by atoms with Gasteiger partial charge in [-0.2, -0.15) is 0 Å². The summed E-state index contributed by atoms with van der Waals surface area (Å²) in [4.78, 5) is 20.8. The SMILES string of the molecule is COc1ccc(CC(=O)N(CCN(C)C)Cc2cccnc2)cc1. The Bertz CT molecular complexity index is 627. The minimum atomic E-state index is 0.117. The Morgan fingerprint density at radius 3 is 2.42 bits per heavy atom. The molecule has 1 heterocycles. The molecule has 5 nitrogen and oxygen atoms in total. The van der Waals surface area contributed by atoms with Crippen LogP contribution in [0, 0.1) is 0 Å². The first-order valence-electron chi connectivity index (χ1n) is 8.03. The second kappa shape index (κ2) is 9.03. The highest BCUT2D eigenvalue weighted by Gasteiger charge is 2.15. The number of carbonyl (C=O) groups excluding carboxylic acids is 1. The van der Waals surface area contributed by atoms with Gasteiger partial charge in [0.25, 0.3) is 0 Å². The van der Waals surface area contributed by atoms with Crippen LogP contribution in [-0.4, -0.2) is 55.0 Å². The Kier molecular flexibility index (Phi) is 6.75. The van der Waals surface area contributed by atoms with Crippen molar-refractivity contribution < 1.29 is 9.53 Å². The molecule has 0 aliphatic rings. The molecule has 0 saturated carbocycles. The predicted molar refractivity (Wildman–Crippen MR) is 94.9 cm³/mol. The Hall–Kier alpha value is -2.40. The second-order valence-corrected chi connectivity index (χ2v) is 6.00. The van der Waals surface area contributed by atoms with Gasteiger partial charge in [-0.3, -0.25) is 9.78 Å². The normalized spacial score (nSPS) is 10.7. The molecule has 1 amide bonds. The number of aromatic nitrogens is 1. The summed E-state index contributed by atoms with van der Waals surface area (Å²) in [5.74, 6) is 0.914. The number of ether oxygens (including phenoxy) is 1. The zero-order valence-corrected chi connectivity index (χ0v) is 14.6. The average Bonchev–Trinajstić information content (AvgIpc) is 2.60. The van der Waals surface area contributed by atoms with Crippen molar-refractivity contribution in [3.63, 3.8) is 0 Å². The van der Waals surface area contributed by atoms with Crippen LogP contribution >= 0.6 is 0 Å². The van der Waals surface area contributed by atoms with E-state index in [2.05, 4.69) is 9.88 Å². The Morgan fingerprint density at radius 2 is 1.83 bits per heavy atom. The Morgan fingerprint density at radius 1 is 1.08 bits per heavy atom. The molecular formula is C19H25N3O2. The number of methoxy groups -OCH3 is 1. The highest BCUT2D eigenvalue weighted by molar-refractivity contribution is 5.78. The Labute approximate surface area is 143 Å². The van der Waals surface area contributed by atoms with Crippen molar-refractivity contribution >= 4 is 5.91 Å². The average molecular weight is 327 g/mol. The fourth-order valence-corrected chi connectivity index (χ4v) is 2.35. The van der Waals surface area contributed by atoms with Crippen molar-refractivity contribution in [3.8, 4) is 5.75 Å². The first kappa shape index (κ1) is 17.9. The highest BCUT2D eigenvalue weighted by atomic mass is 16.5. The molecular weight excluding hydrogens is 302 g/mol. The lowest BCUT2D eigenvalue weighted by Gasteiger charge is -2.24. The van der Waals surface area contributed by atoms with Crippen molar-refractivity contribution in [1.82, 2.24) is 14.8 Å². The van der Waals surface area contributed by atoms with E-state index < -0.39 is 0 Å². The fraction of sp³-hybridized carbons (Fsp3) is 0.368. The number of hydrogen-bond acceptors (Lipinski definition) is 4. The second-order valence-electron chi connectivity index (χ2n) is 6.00. The quantitative estimate of drug-likeness (QED) is 0.746. The lowest BCUT2D eigenvalue weighted by Crippen LogP contribution is -2.37. The first-order chi connectivity index (χ1) is 11.6. The molecule has 24 heavy (non-hydrogen) atoms. The van der Waals surface area contributed by atoms with Gasteiger partial charge in [-0.05, 0) is 43.4 Å². The monoisotopic (exact) mass is 327 g/mol. The number of pyridine rings is 1. The van der Waals surface area contributed by atoms with Crippen molar-refractivity contribution in [2.75, 3.05) is 34.3 Å². The van der Waals surface area contributed by atoms with Gasteiger partial charge in [0.2, 0.25) is 5.91 Å². The number of nitrogens with zero attached hydrogens (tertiary/aromatic N) is 3. The van der Waals surface area contributed by atoms with E-state index in [0.29, 0.717) is 19.5 Å². The molecule has 2 rings (SSSR count). The maximum Gasteiger partial charge on any atom is 0.227 e. The van der Waals surface area contributed by atoms with Crippen molar-refractivity contribution in [2.24, 2.45) is 0 Å². The standard InChI is InChI=1S/C19H25N3O2/c1-21(2)11-12-22(15-17-5-4-10-20-14-17)19(23)13-16-6-8-18(24-3)9-7-16/h4-10,14H,11-13,15H2,1-3H3. The van der Waals surface area contributed by atoms with Crippen LogP contribution in [0.25, 0.3) is 0 Å². The maximum absolute atomic E-state index is 12.7. The predicted octanol–water partition coefficient (Wildman–Crippen LogP) is 2.22. The van der Waals surface area contributed by atoms with Gasteiger partial charge < -0.3 is 14.5 Å². The van der Waals surface area contributed by atoms with Gasteiger partial charge >= 0.3 is 0 Å². The molecule has 0 spiro atoms. The van der Waals surface area contributed by atoms with Crippen LogP contribution in [0.4, 0.5) is 0 Å². The lowest BCUT2D eigenvalue weighted by molar-refractivity contribution is -0.131. The largest absolute Gasteiger partial charge is 0.497 e. The molecule has 0 radical (unpaired) electrons. The number of rotatable bonds is 8. The van der Waals surface area contributed by atoms with Crippen LogP contribution in [0.15, 0.2) is 48.8 Å². The molecule has 0 saturated heterocycles. The van der Waals surface area contributed by atoms with E-state index in [0.717, 1.165) is 23.4 Å². The topological polar surface area (TPSA) is 45.7 Å². The summed E-state index contributed by atoms with van der Waals surface area (Å²) >= 11 is 0. The molecule has 0 N–H and O–H groups in total. The van der Waals surface area contributed by atoms with Crippen molar-refractivity contribution in [1.29, 1.82) is 0 Å². The summed E-state index contributed by atoms with van der Waals surface area (Å²) in [7, 11) is 5.66. The minimum Gasteiger partial charge on any atom is -0.497 e. The van der Waals surface area contributed by atoms with Gasteiger partial charge in [-0.1, -0.05) is 18.2 Å². The van der Waals surface area contributed by atoms with E-state index >= 15 is 0 Å². The first-order valence-corrected chi connectivity index (χ1v) is 8.03. The number of benzene rings is 1. The van der Waals surface area contributed by atoms with Gasteiger partial charge in [0.15, 0.2) is 0 Å². The summed E-state index contributed by atoms with van der Waals surface area (Å²) in [6.45, 7) is 2.10. The van der Waals surface area contributed by atoms with Crippen LogP contribution in [-0.2, 0) is 17.8 Å². The van der Waals surface area contributed by atoms with Gasteiger partial charge in [-0.15, -0.1) is 0 Å². The highest BCUT2D eigenvalue weighted by Crippen LogP contribution is 2.13. The molecule has 1 aromatic heterocycles. The molecule has 0 aliphatic carbocycles. The van der Waals surface area contributed by atoms with Crippen LogP contribution in [0.5, 0.6) is 5.75 Å². The zero-order chi connectivity index (χ0) is 17.4. The smallest absolute Gasteiger partial charge is 0.227 e. The van der Waals surface area contributed by atoms with E-state index in [9.17, 15) is 4.79 Å². The summed E-state index contributed by atoms with van der Waals surface area (Å²) in [6, 6.07) is 11.5. The maximum atomic E-state index is 12.7. The van der Waals surface area contributed by atoms with E-state index in [4.69, 9.17) is 4.74 Å². The number of carbonyl (C=O) groups is 1. The third kappa shape index (κ3) is 5.66. The van der Waals surface area contributed by atoms with Crippen molar-refractivity contribution in [2.45, 2.75) is 13.0 Å². The molecule has 0 atom stereocenters. The molecule has 0 fully saturated rings. The summed E-state index contributed by atoms with van der Waals surface area (Å²) in [6.07, 6.45) is 3.94. The van der Waals surface area contributed by atoms with Crippen LogP contribution in [0.2, 0.25) is 0 Å². The number of amides is 1. The zero-order valence-electron chi connectivity index (χ0n) is 14.6. The summed E-state index contributed by atoms with van der Waals surface area (Å²) in [5.41, 5.74) is 2.03. The number of hydrogen-bond donors (Lipinski definition) is 0. The van der Waals surface area contributed by atoms with Crippen LogP contribution in [0.3, 0.4) is 0 Å². The van der Waals surface area contributed by atoms with Crippen LogP contribution in [0.1, 0.15) is 11.1 Å². The van der Waals surface area contributed by atoms with Gasteiger partial charge in [0.1, 0.15) is 5.75 Å². The molecule has 5 heteroatoms. The van der Waals surface area contributed by atoms with Gasteiger partial charge in [0, 0.05) is 32.0 Å². The third-order valence-electron chi connectivity index (χ3n) is 3.78. The summed E-state index contributed by atoms with van der Waals surface area (Å²) < 4.78 is 5.16. The number of likely N-dealkylation sites (N-methyl/N-ethyl adjacent to an activating group) is 1. The van der Waals surface area contributed by atoms with E-state index in [1.807, 2.05) is 61.6 Å². The molecule has 128 valence electrons. The molecule has 0 bridgehead atoms. The summed E-state index contributed by atoms with van der Waals surface area (Å²) in [5, 5.41) is 0. The third-order valence-corrected chi connectivity index (χ3v) is 3.78. The Balaban J connectivity index is 2.04. The molecule has 1 aromatic carbocycles. The van der Waals surface area contributed by atoms with Crippen molar-refractivity contribution in [3.05, 3.63) is 59.9 Å². The lowest BCUT2D eigenvalue weighted by atomic mass is 10.1.